The van der Waals surface area contributed by atoms with Crippen molar-refractivity contribution in [3.05, 3.63) is 84.2 Å². The van der Waals surface area contributed by atoms with Crippen LogP contribution in [0.25, 0.3) is 33.1 Å². The van der Waals surface area contributed by atoms with Crippen molar-refractivity contribution in [2.45, 2.75) is 46.0 Å². The highest BCUT2D eigenvalue weighted by Gasteiger charge is 2.29. The van der Waals surface area contributed by atoms with Crippen molar-refractivity contribution >= 4 is 33.6 Å². The number of carbonyl (C=O) groups is 1. The van der Waals surface area contributed by atoms with Gasteiger partial charge in [-0.3, -0.25) is 4.79 Å². The van der Waals surface area contributed by atoms with E-state index in [1.54, 1.807) is 0 Å². The van der Waals surface area contributed by atoms with Crippen LogP contribution in [0.3, 0.4) is 0 Å². The predicted octanol–water partition coefficient (Wildman–Crippen LogP) is 6.87. The van der Waals surface area contributed by atoms with Gasteiger partial charge in [-0.2, -0.15) is 4.98 Å². The topological polar surface area (TPSA) is 75.4 Å². The average molecular weight is 548 g/mol. The fourth-order valence-electron chi connectivity index (χ4n) is 5.91. The van der Waals surface area contributed by atoms with Gasteiger partial charge in [-0.1, -0.05) is 92.7 Å². The van der Waals surface area contributed by atoms with Crippen LogP contribution in [-0.4, -0.2) is 52.1 Å². The van der Waals surface area contributed by atoms with Crippen LogP contribution in [0.4, 0.5) is 5.82 Å². The molecule has 3 aromatic carbocycles. The van der Waals surface area contributed by atoms with Gasteiger partial charge in [0.15, 0.2) is 0 Å². The minimum atomic E-state index is -0.122. The minimum absolute atomic E-state index is 0.122. The Bertz CT molecular complexity index is 1660. The van der Waals surface area contributed by atoms with Crippen LogP contribution < -0.4 is 4.90 Å². The van der Waals surface area contributed by atoms with E-state index in [0.717, 1.165) is 71.6 Å². The van der Waals surface area contributed by atoms with Gasteiger partial charge in [0, 0.05) is 38.2 Å². The van der Waals surface area contributed by atoms with Gasteiger partial charge in [0.1, 0.15) is 22.7 Å². The third-order valence-corrected chi connectivity index (χ3v) is 7.99. The van der Waals surface area contributed by atoms with Gasteiger partial charge in [-0.15, -0.1) is 0 Å². The monoisotopic (exact) mass is 547 g/mol. The summed E-state index contributed by atoms with van der Waals surface area (Å²) in [6, 6.07) is 24.8. The summed E-state index contributed by atoms with van der Waals surface area (Å²) in [7, 11) is 0. The first kappa shape index (κ1) is 26.9. The molecule has 6 rings (SSSR count). The summed E-state index contributed by atoms with van der Waals surface area (Å²) >= 11 is 0. The van der Waals surface area contributed by atoms with Crippen LogP contribution >= 0.6 is 0 Å². The summed E-state index contributed by atoms with van der Waals surface area (Å²) in [5.74, 6) is 2.10. The van der Waals surface area contributed by atoms with Gasteiger partial charge >= 0.3 is 0 Å². The Morgan fingerprint density at radius 1 is 0.902 bits per heavy atom. The molecule has 0 N–H and O–H groups in total. The third kappa shape index (κ3) is 5.53. The van der Waals surface area contributed by atoms with E-state index in [1.165, 1.54) is 5.39 Å². The second-order valence-corrected chi connectivity index (χ2v) is 11.4. The van der Waals surface area contributed by atoms with Crippen LogP contribution in [0, 0.1) is 5.92 Å². The molecule has 1 saturated heterocycles. The first-order valence-electron chi connectivity index (χ1n) is 14.8. The lowest BCUT2D eigenvalue weighted by atomic mass is 9.95. The summed E-state index contributed by atoms with van der Waals surface area (Å²) in [6.07, 6.45) is 2.39. The zero-order chi connectivity index (χ0) is 28.3. The minimum Gasteiger partial charge on any atom is -0.354 e. The zero-order valence-corrected chi connectivity index (χ0v) is 24.1. The highest BCUT2D eigenvalue weighted by molar-refractivity contribution is 6.00. The Balaban J connectivity index is 1.35. The normalized spacial score (nSPS) is 15.0. The highest BCUT2D eigenvalue weighted by atomic mass is 16.5. The standard InChI is InChI=1S/C34H37N5O2/c1-4-28(25-12-6-5-7-13-25)34(40)39-18-10-17-38(19-20-39)32-30-31(27-16-15-24-11-8-9-14-26(24)22-27)37-41-33(30)36-29(35-32)21-23(2)3/h5-9,11-16,22-23,28H,4,10,17-21H2,1-3H3. The molecule has 1 aliphatic heterocycles. The number of benzene rings is 3. The van der Waals surface area contributed by atoms with Crippen molar-refractivity contribution in [3.63, 3.8) is 0 Å². The molecule has 5 aromatic rings. The van der Waals surface area contributed by atoms with Gasteiger partial charge in [-0.25, -0.2) is 4.98 Å². The van der Waals surface area contributed by atoms with Crippen molar-refractivity contribution < 1.29 is 9.32 Å². The summed E-state index contributed by atoms with van der Waals surface area (Å²) < 4.78 is 5.86. The number of fused-ring (bicyclic) bond motifs is 2. The van der Waals surface area contributed by atoms with Gasteiger partial charge in [0.25, 0.3) is 5.71 Å². The largest absolute Gasteiger partial charge is 0.354 e. The molecule has 7 nitrogen and oxygen atoms in total. The Hall–Kier alpha value is -4.26. The molecule has 0 aliphatic carbocycles. The SMILES string of the molecule is CCC(C(=O)N1CCCN(c2nc(CC(C)C)nc3onc(-c4ccc5ccccc5c4)c23)CC1)c1ccccc1. The Labute approximate surface area is 241 Å². The number of anilines is 1. The number of carbonyl (C=O) groups excluding carboxylic acids is 1. The van der Waals surface area contributed by atoms with Crippen LogP contribution in [0.1, 0.15) is 50.9 Å². The second kappa shape index (κ2) is 11.7. The number of hydrogen-bond acceptors (Lipinski definition) is 6. The van der Waals surface area contributed by atoms with Gasteiger partial charge in [-0.05, 0) is 41.2 Å². The lowest BCUT2D eigenvalue weighted by Crippen LogP contribution is -2.38. The Morgan fingerprint density at radius 3 is 2.46 bits per heavy atom. The molecule has 0 radical (unpaired) electrons. The molecule has 0 bridgehead atoms. The number of aromatic nitrogens is 3. The van der Waals surface area contributed by atoms with Gasteiger partial charge in [0.05, 0.1) is 5.92 Å². The van der Waals surface area contributed by atoms with E-state index in [-0.39, 0.29) is 11.8 Å². The molecule has 41 heavy (non-hydrogen) atoms. The van der Waals surface area contributed by atoms with Crippen molar-refractivity contribution in [1.29, 1.82) is 0 Å². The first-order chi connectivity index (χ1) is 20.0. The van der Waals surface area contributed by atoms with E-state index >= 15 is 0 Å². The summed E-state index contributed by atoms with van der Waals surface area (Å²) in [6.45, 7) is 9.28. The fraction of sp³-hybridized carbons (Fsp3) is 0.353. The quantitative estimate of drug-likeness (QED) is 0.221. The molecule has 0 spiro atoms. The molecule has 2 aromatic heterocycles. The van der Waals surface area contributed by atoms with Crippen molar-refractivity contribution in [3.8, 4) is 11.3 Å². The van der Waals surface area contributed by atoms with E-state index in [9.17, 15) is 4.79 Å². The summed E-state index contributed by atoms with van der Waals surface area (Å²) in [4.78, 5) is 27.9. The molecule has 210 valence electrons. The Kier molecular flexibility index (Phi) is 7.68. The van der Waals surface area contributed by atoms with E-state index in [4.69, 9.17) is 14.5 Å². The van der Waals surface area contributed by atoms with E-state index < -0.39 is 0 Å². The highest BCUT2D eigenvalue weighted by Crippen LogP contribution is 2.36. The van der Waals surface area contributed by atoms with E-state index in [2.05, 4.69) is 73.3 Å². The zero-order valence-electron chi connectivity index (χ0n) is 24.1. The van der Waals surface area contributed by atoms with Crippen molar-refractivity contribution in [2.24, 2.45) is 5.92 Å². The molecular weight excluding hydrogens is 510 g/mol. The third-order valence-electron chi connectivity index (χ3n) is 7.99. The molecular formula is C34H37N5O2. The maximum atomic E-state index is 13.7. The number of rotatable bonds is 7. The van der Waals surface area contributed by atoms with Crippen LogP contribution in [0.2, 0.25) is 0 Å². The first-order valence-corrected chi connectivity index (χ1v) is 14.8. The maximum Gasteiger partial charge on any atom is 0.263 e. The fourth-order valence-corrected chi connectivity index (χ4v) is 5.91. The molecule has 1 fully saturated rings. The lowest BCUT2D eigenvalue weighted by molar-refractivity contribution is -0.132. The molecule has 1 amide bonds. The average Bonchev–Trinajstić information content (AvgIpc) is 3.25. The van der Waals surface area contributed by atoms with E-state index in [1.807, 2.05) is 35.2 Å². The number of amides is 1. The number of nitrogens with zero attached hydrogens (tertiary/aromatic N) is 5. The molecule has 1 atom stereocenters. The summed E-state index contributed by atoms with van der Waals surface area (Å²) in [5, 5.41) is 7.68. The lowest BCUT2D eigenvalue weighted by Gasteiger charge is -2.26. The molecule has 7 heteroatoms. The van der Waals surface area contributed by atoms with Gasteiger partial charge < -0.3 is 14.3 Å². The Morgan fingerprint density at radius 2 is 1.68 bits per heavy atom. The van der Waals surface area contributed by atoms with Crippen LogP contribution in [-0.2, 0) is 11.2 Å². The molecule has 0 saturated carbocycles. The number of hydrogen-bond donors (Lipinski definition) is 0. The van der Waals surface area contributed by atoms with Crippen LogP contribution in [0.5, 0.6) is 0 Å². The molecule has 1 aliphatic rings. The van der Waals surface area contributed by atoms with Crippen molar-refractivity contribution in [1.82, 2.24) is 20.0 Å². The maximum absolute atomic E-state index is 13.7. The molecule has 1 unspecified atom stereocenters. The summed E-state index contributed by atoms with van der Waals surface area (Å²) in [5.41, 5.74) is 3.33. The van der Waals surface area contributed by atoms with Crippen molar-refractivity contribution in [2.75, 3.05) is 31.1 Å². The second-order valence-electron chi connectivity index (χ2n) is 11.4. The van der Waals surface area contributed by atoms with Gasteiger partial charge in [0.2, 0.25) is 5.91 Å². The smallest absolute Gasteiger partial charge is 0.263 e. The van der Waals surface area contributed by atoms with Crippen LogP contribution in [0.15, 0.2) is 77.3 Å². The molecule has 3 heterocycles. The van der Waals surface area contributed by atoms with E-state index in [0.29, 0.717) is 24.7 Å². The predicted molar refractivity (Wildman–Crippen MR) is 164 cm³/mol.